The number of hydrogen-bond donors (Lipinski definition) is 3. The summed E-state index contributed by atoms with van der Waals surface area (Å²) >= 11 is 0. The van der Waals surface area contributed by atoms with Crippen LogP contribution in [0.4, 0.5) is 5.88 Å². The smallest absolute Gasteiger partial charge is 0.229 e. The van der Waals surface area contributed by atoms with E-state index in [0.717, 1.165) is 11.3 Å². The molecule has 0 aliphatic rings. The van der Waals surface area contributed by atoms with Crippen LogP contribution in [0, 0.1) is 5.41 Å². The van der Waals surface area contributed by atoms with Gasteiger partial charge in [-0.15, -0.1) is 0 Å². The van der Waals surface area contributed by atoms with Gasteiger partial charge in [0.15, 0.2) is 11.7 Å². The number of aliphatic imine (C=N–C) groups is 1. The molecule has 1 heterocycles. The third-order valence-corrected chi connectivity index (χ3v) is 4.66. The number of nitrogens with one attached hydrogen (secondary N) is 2. The maximum Gasteiger partial charge on any atom is 0.229 e. The molecule has 0 amide bonds. The van der Waals surface area contributed by atoms with Crippen molar-refractivity contribution < 1.29 is 9.32 Å². The van der Waals surface area contributed by atoms with Crippen LogP contribution in [0.3, 0.4) is 0 Å². The molecule has 0 fully saturated rings. The number of nitrogens with zero attached hydrogens (tertiary/aromatic N) is 3. The summed E-state index contributed by atoms with van der Waals surface area (Å²) in [4.78, 5) is 18.3. The SMILES string of the molecule is CC(c1cccc(C(=O)c2ccccc2)c1)c1cc(NC=NCN(C)C(=N)N)on1. The molecule has 2 aromatic carbocycles. The highest BCUT2D eigenvalue weighted by atomic mass is 16.5. The van der Waals surface area contributed by atoms with Gasteiger partial charge in [-0.1, -0.05) is 60.6 Å². The average Bonchev–Trinajstić information content (AvgIpc) is 3.25. The molecular weight excluding hydrogens is 380 g/mol. The fourth-order valence-corrected chi connectivity index (χ4v) is 2.79. The van der Waals surface area contributed by atoms with E-state index in [4.69, 9.17) is 15.7 Å². The van der Waals surface area contributed by atoms with Crippen molar-refractivity contribution in [3.8, 4) is 0 Å². The average molecular weight is 404 g/mol. The van der Waals surface area contributed by atoms with Crippen molar-refractivity contribution in [3.63, 3.8) is 0 Å². The molecule has 8 nitrogen and oxygen atoms in total. The van der Waals surface area contributed by atoms with Crippen LogP contribution >= 0.6 is 0 Å². The lowest BCUT2D eigenvalue weighted by Gasteiger charge is -2.12. The molecule has 1 unspecified atom stereocenters. The molecule has 0 spiro atoms. The van der Waals surface area contributed by atoms with Crippen LogP contribution in [0.2, 0.25) is 0 Å². The van der Waals surface area contributed by atoms with Crippen LogP contribution in [0.15, 0.2) is 70.2 Å². The molecule has 0 bridgehead atoms. The Kier molecular flexibility index (Phi) is 6.59. The lowest BCUT2D eigenvalue weighted by atomic mass is 9.94. The molecule has 0 radical (unpaired) electrons. The van der Waals surface area contributed by atoms with Gasteiger partial charge in [0.25, 0.3) is 0 Å². The summed E-state index contributed by atoms with van der Waals surface area (Å²) in [5.74, 6) is 0.311. The van der Waals surface area contributed by atoms with Crippen molar-refractivity contribution >= 4 is 24.0 Å². The van der Waals surface area contributed by atoms with Gasteiger partial charge in [0.05, 0.1) is 12.0 Å². The van der Waals surface area contributed by atoms with E-state index in [-0.39, 0.29) is 24.3 Å². The van der Waals surface area contributed by atoms with Gasteiger partial charge in [-0.05, 0) is 11.6 Å². The zero-order chi connectivity index (χ0) is 21.5. The van der Waals surface area contributed by atoms with Crippen LogP contribution < -0.4 is 11.1 Å². The molecule has 8 heteroatoms. The number of rotatable bonds is 8. The number of anilines is 1. The number of carbonyl (C=O) groups is 1. The summed E-state index contributed by atoms with van der Waals surface area (Å²) in [7, 11) is 1.67. The van der Waals surface area contributed by atoms with Gasteiger partial charge in [0.2, 0.25) is 5.88 Å². The van der Waals surface area contributed by atoms with Crippen molar-refractivity contribution in [1.29, 1.82) is 5.41 Å². The number of carbonyl (C=O) groups excluding carboxylic acids is 1. The summed E-state index contributed by atoms with van der Waals surface area (Å²) in [5, 5.41) is 14.3. The second kappa shape index (κ2) is 9.51. The minimum atomic E-state index is -0.0615. The van der Waals surface area contributed by atoms with Crippen LogP contribution in [0.1, 0.15) is 40.0 Å². The van der Waals surface area contributed by atoms with E-state index >= 15 is 0 Å². The molecule has 0 aliphatic heterocycles. The Hall–Kier alpha value is -3.94. The second-order valence-corrected chi connectivity index (χ2v) is 6.84. The normalized spacial score (nSPS) is 11.9. The lowest BCUT2D eigenvalue weighted by Crippen LogP contribution is -2.32. The van der Waals surface area contributed by atoms with Crippen molar-refractivity contribution in [2.75, 3.05) is 19.0 Å². The lowest BCUT2D eigenvalue weighted by molar-refractivity contribution is 0.103. The van der Waals surface area contributed by atoms with Gasteiger partial charge in [0, 0.05) is 30.2 Å². The monoisotopic (exact) mass is 404 g/mol. The van der Waals surface area contributed by atoms with Crippen molar-refractivity contribution in [2.24, 2.45) is 10.7 Å². The number of guanidine groups is 1. The molecule has 0 saturated heterocycles. The van der Waals surface area contributed by atoms with Crippen molar-refractivity contribution in [1.82, 2.24) is 10.1 Å². The Morgan fingerprint density at radius 2 is 1.97 bits per heavy atom. The van der Waals surface area contributed by atoms with Crippen LogP contribution in [-0.4, -0.2) is 41.9 Å². The summed E-state index contributed by atoms with van der Waals surface area (Å²) in [6, 6.07) is 18.5. The molecule has 1 aromatic heterocycles. The molecule has 3 aromatic rings. The summed E-state index contributed by atoms with van der Waals surface area (Å²) in [5.41, 5.74) is 8.34. The number of nitrogens with two attached hydrogens (primary N) is 1. The molecule has 1 atom stereocenters. The van der Waals surface area contributed by atoms with Crippen molar-refractivity contribution in [2.45, 2.75) is 12.8 Å². The zero-order valence-corrected chi connectivity index (χ0v) is 16.9. The molecule has 154 valence electrons. The maximum atomic E-state index is 12.7. The topological polar surface area (TPSA) is 121 Å². The number of aromatic nitrogens is 1. The zero-order valence-electron chi connectivity index (χ0n) is 16.9. The van der Waals surface area contributed by atoms with E-state index in [2.05, 4.69) is 15.5 Å². The third-order valence-electron chi connectivity index (χ3n) is 4.66. The van der Waals surface area contributed by atoms with E-state index < -0.39 is 0 Å². The van der Waals surface area contributed by atoms with E-state index in [0.29, 0.717) is 17.0 Å². The number of hydrogen-bond acceptors (Lipinski definition) is 5. The van der Waals surface area contributed by atoms with Gasteiger partial charge in [-0.2, -0.15) is 0 Å². The predicted octanol–water partition coefficient (Wildman–Crippen LogP) is 3.28. The molecular formula is C22H24N6O2. The Morgan fingerprint density at radius 1 is 1.23 bits per heavy atom. The highest BCUT2D eigenvalue weighted by Crippen LogP contribution is 2.26. The van der Waals surface area contributed by atoms with E-state index in [1.165, 1.54) is 11.2 Å². The fraction of sp³-hybridized carbons (Fsp3) is 0.182. The summed E-state index contributed by atoms with van der Waals surface area (Å²) in [6.45, 7) is 2.26. The van der Waals surface area contributed by atoms with E-state index in [9.17, 15) is 4.79 Å². The maximum absolute atomic E-state index is 12.7. The summed E-state index contributed by atoms with van der Waals surface area (Å²) < 4.78 is 5.31. The Labute approximate surface area is 174 Å². The Bertz CT molecular complexity index is 1040. The molecule has 0 saturated carbocycles. The highest BCUT2D eigenvalue weighted by Gasteiger charge is 2.16. The van der Waals surface area contributed by atoms with Gasteiger partial charge in [0.1, 0.15) is 6.67 Å². The Morgan fingerprint density at radius 3 is 2.70 bits per heavy atom. The predicted molar refractivity (Wildman–Crippen MR) is 117 cm³/mol. The Balaban J connectivity index is 1.67. The first kappa shape index (κ1) is 20.8. The van der Waals surface area contributed by atoms with Gasteiger partial charge in [-0.3, -0.25) is 15.2 Å². The summed E-state index contributed by atoms with van der Waals surface area (Å²) in [6.07, 6.45) is 1.47. The van der Waals surface area contributed by atoms with Gasteiger partial charge < -0.3 is 20.5 Å². The molecule has 0 aliphatic carbocycles. The van der Waals surface area contributed by atoms with E-state index in [1.807, 2.05) is 61.5 Å². The number of ketones is 1. The standard InChI is InChI=1S/C22H24N6O2/c1-15(19-12-20(30-27-19)26-13-25-14-28(2)22(23)24)17-9-6-10-18(11-17)21(29)16-7-4-3-5-8-16/h3-13,15H,14H2,1-2H3,(H3,23,24)(H,25,26). The van der Waals surface area contributed by atoms with Gasteiger partial charge >= 0.3 is 0 Å². The molecule has 3 rings (SSSR count). The highest BCUT2D eigenvalue weighted by molar-refractivity contribution is 6.09. The van der Waals surface area contributed by atoms with Gasteiger partial charge in [-0.25, -0.2) is 0 Å². The minimum absolute atomic E-state index is 0.0149. The first-order chi connectivity index (χ1) is 14.5. The quantitative estimate of drug-likeness (QED) is 0.301. The third kappa shape index (κ3) is 5.11. The van der Waals surface area contributed by atoms with Crippen LogP contribution in [0.25, 0.3) is 0 Å². The fourth-order valence-electron chi connectivity index (χ4n) is 2.79. The minimum Gasteiger partial charge on any atom is -0.370 e. The van der Waals surface area contributed by atoms with E-state index in [1.54, 1.807) is 13.1 Å². The number of benzene rings is 2. The van der Waals surface area contributed by atoms with Crippen LogP contribution in [-0.2, 0) is 0 Å². The molecule has 4 N–H and O–H groups in total. The first-order valence-electron chi connectivity index (χ1n) is 9.42. The first-order valence-corrected chi connectivity index (χ1v) is 9.42. The van der Waals surface area contributed by atoms with Crippen LogP contribution in [0.5, 0.6) is 0 Å². The largest absolute Gasteiger partial charge is 0.370 e. The molecule has 30 heavy (non-hydrogen) atoms. The second-order valence-electron chi connectivity index (χ2n) is 6.84. The van der Waals surface area contributed by atoms with Crippen molar-refractivity contribution in [3.05, 3.63) is 83.0 Å².